The Balaban J connectivity index is 2.96. The van der Waals surface area contributed by atoms with Gasteiger partial charge in [-0.25, -0.2) is 0 Å². The molecular formula is C9H8BN. The summed E-state index contributed by atoms with van der Waals surface area (Å²) in [5, 5.41) is 1.12. The minimum Gasteiger partial charge on any atom is -0.361 e. The highest BCUT2D eigenvalue weighted by Gasteiger charge is 1.98. The Morgan fingerprint density at radius 1 is 1.27 bits per heavy atom. The summed E-state index contributed by atoms with van der Waals surface area (Å²) in [5.74, 6) is 0. The van der Waals surface area contributed by atoms with Gasteiger partial charge in [-0.15, -0.1) is 0 Å². The molecule has 1 aromatic carbocycles. The second-order valence-corrected chi connectivity index (χ2v) is 2.74. The predicted octanol–water partition coefficient (Wildman–Crippen LogP) is 1.27. The first-order valence-corrected chi connectivity index (χ1v) is 3.61. The molecule has 2 aromatic rings. The predicted molar refractivity (Wildman–Crippen MR) is 48.4 cm³/mol. The van der Waals surface area contributed by atoms with Crippen LogP contribution in [0.3, 0.4) is 0 Å². The van der Waals surface area contributed by atoms with Crippen molar-refractivity contribution in [2.75, 3.05) is 0 Å². The van der Waals surface area contributed by atoms with E-state index in [1.54, 1.807) is 0 Å². The maximum atomic E-state index is 5.75. The van der Waals surface area contributed by atoms with E-state index in [-0.39, 0.29) is 0 Å². The first-order chi connectivity index (χ1) is 5.29. The van der Waals surface area contributed by atoms with Crippen LogP contribution in [-0.2, 0) is 0 Å². The van der Waals surface area contributed by atoms with Crippen LogP contribution in [0.15, 0.2) is 24.4 Å². The zero-order chi connectivity index (χ0) is 7.84. The Morgan fingerprint density at radius 2 is 2.09 bits per heavy atom. The lowest BCUT2D eigenvalue weighted by atomic mass is 9.91. The van der Waals surface area contributed by atoms with Crippen molar-refractivity contribution in [3.63, 3.8) is 0 Å². The molecule has 1 aromatic heterocycles. The number of nitrogens with one attached hydrogen (secondary N) is 1. The molecule has 0 atom stereocenters. The molecule has 0 saturated heterocycles. The first-order valence-electron chi connectivity index (χ1n) is 3.61. The molecule has 0 unspecified atom stereocenters. The van der Waals surface area contributed by atoms with E-state index in [2.05, 4.69) is 11.9 Å². The van der Waals surface area contributed by atoms with E-state index in [1.807, 2.05) is 24.4 Å². The molecule has 0 aliphatic carbocycles. The number of aromatic amines is 1. The Morgan fingerprint density at radius 3 is 2.82 bits per heavy atom. The van der Waals surface area contributed by atoms with Gasteiger partial charge < -0.3 is 4.98 Å². The van der Waals surface area contributed by atoms with E-state index >= 15 is 0 Å². The fourth-order valence-corrected chi connectivity index (χ4v) is 1.32. The van der Waals surface area contributed by atoms with Gasteiger partial charge in [0.15, 0.2) is 0 Å². The highest BCUT2D eigenvalue weighted by molar-refractivity contribution is 6.38. The number of hydrogen-bond donors (Lipinski definition) is 1. The Kier molecular flexibility index (Phi) is 1.28. The van der Waals surface area contributed by atoms with Gasteiger partial charge in [0, 0.05) is 11.7 Å². The summed E-state index contributed by atoms with van der Waals surface area (Å²) >= 11 is 0. The number of rotatable bonds is 0. The van der Waals surface area contributed by atoms with E-state index in [9.17, 15) is 0 Å². The number of benzene rings is 1. The minimum atomic E-state index is 0.840. The lowest BCUT2D eigenvalue weighted by Crippen LogP contribution is -2.02. The van der Waals surface area contributed by atoms with Crippen LogP contribution >= 0.6 is 0 Å². The maximum Gasteiger partial charge on any atom is 0.114 e. The van der Waals surface area contributed by atoms with Gasteiger partial charge in [-0.3, -0.25) is 0 Å². The van der Waals surface area contributed by atoms with Gasteiger partial charge in [0.2, 0.25) is 0 Å². The molecule has 0 fully saturated rings. The summed E-state index contributed by atoms with van der Waals surface area (Å²) in [6.45, 7) is 2.07. The van der Waals surface area contributed by atoms with Crippen LogP contribution in [0.5, 0.6) is 0 Å². The van der Waals surface area contributed by atoms with Crippen molar-refractivity contribution in [1.29, 1.82) is 0 Å². The van der Waals surface area contributed by atoms with E-state index in [0.29, 0.717) is 0 Å². The third kappa shape index (κ3) is 0.863. The van der Waals surface area contributed by atoms with Gasteiger partial charge in [-0.1, -0.05) is 17.6 Å². The molecule has 0 aliphatic heterocycles. The van der Waals surface area contributed by atoms with E-state index in [0.717, 1.165) is 16.4 Å². The van der Waals surface area contributed by atoms with Crippen LogP contribution in [0, 0.1) is 6.92 Å². The fourth-order valence-electron chi connectivity index (χ4n) is 1.32. The smallest absolute Gasteiger partial charge is 0.114 e. The van der Waals surface area contributed by atoms with Gasteiger partial charge >= 0.3 is 0 Å². The standard InChI is InChI=1S/C9H8BN/c1-6-2-3-8(10)7-4-5-11-9(6)7/h2-5,11H,1H3. The topological polar surface area (TPSA) is 15.8 Å². The van der Waals surface area contributed by atoms with Crippen LogP contribution in [0.2, 0.25) is 0 Å². The molecule has 0 spiro atoms. The molecule has 1 N–H and O–H groups in total. The summed E-state index contributed by atoms with van der Waals surface area (Å²) in [4.78, 5) is 3.15. The van der Waals surface area contributed by atoms with E-state index < -0.39 is 0 Å². The Labute approximate surface area is 66.8 Å². The van der Waals surface area contributed by atoms with E-state index in [4.69, 9.17) is 7.85 Å². The van der Waals surface area contributed by atoms with Crippen LogP contribution in [0.4, 0.5) is 0 Å². The van der Waals surface area contributed by atoms with Crippen molar-refractivity contribution in [2.45, 2.75) is 6.92 Å². The lowest BCUT2D eigenvalue weighted by molar-refractivity contribution is 1.42. The average Bonchev–Trinajstić information content (AvgIpc) is 2.45. The third-order valence-electron chi connectivity index (χ3n) is 1.97. The van der Waals surface area contributed by atoms with Crippen molar-refractivity contribution in [2.24, 2.45) is 0 Å². The second-order valence-electron chi connectivity index (χ2n) is 2.74. The number of H-pyrrole nitrogens is 1. The van der Waals surface area contributed by atoms with Crippen LogP contribution in [0.1, 0.15) is 5.56 Å². The number of aryl methyl sites for hydroxylation is 1. The van der Waals surface area contributed by atoms with Crippen molar-refractivity contribution < 1.29 is 0 Å². The van der Waals surface area contributed by atoms with Gasteiger partial charge in [-0.05, 0) is 23.9 Å². The van der Waals surface area contributed by atoms with Gasteiger partial charge in [0.25, 0.3) is 0 Å². The maximum absolute atomic E-state index is 5.75. The molecule has 0 saturated carbocycles. The molecule has 11 heavy (non-hydrogen) atoms. The largest absolute Gasteiger partial charge is 0.361 e. The summed E-state index contributed by atoms with van der Waals surface area (Å²) < 4.78 is 0. The monoisotopic (exact) mass is 141 g/mol. The SMILES string of the molecule is [B]c1ccc(C)c2[nH]ccc12. The third-order valence-corrected chi connectivity index (χ3v) is 1.97. The zero-order valence-electron chi connectivity index (χ0n) is 6.39. The lowest BCUT2D eigenvalue weighted by Gasteiger charge is -1.98. The molecule has 2 rings (SSSR count). The van der Waals surface area contributed by atoms with E-state index in [1.165, 1.54) is 5.56 Å². The van der Waals surface area contributed by atoms with Gasteiger partial charge in [-0.2, -0.15) is 0 Å². The number of hydrogen-bond acceptors (Lipinski definition) is 0. The summed E-state index contributed by atoms with van der Waals surface area (Å²) in [6, 6.07) is 5.96. The molecule has 0 bridgehead atoms. The number of aromatic nitrogens is 1. The zero-order valence-corrected chi connectivity index (χ0v) is 6.39. The molecule has 0 aliphatic rings. The summed E-state index contributed by atoms with van der Waals surface area (Å²) in [7, 11) is 5.75. The fraction of sp³-hybridized carbons (Fsp3) is 0.111. The Bertz CT molecular complexity index is 353. The molecule has 2 heteroatoms. The second kappa shape index (κ2) is 2.16. The first kappa shape index (κ1) is 6.53. The minimum absolute atomic E-state index is 0.840. The highest BCUT2D eigenvalue weighted by Crippen LogP contribution is 2.12. The molecule has 2 radical (unpaired) electrons. The highest BCUT2D eigenvalue weighted by atomic mass is 14.7. The summed E-state index contributed by atoms with van der Waals surface area (Å²) in [5.41, 5.74) is 3.22. The molecular weight excluding hydrogens is 133 g/mol. The molecule has 1 nitrogen and oxygen atoms in total. The Hall–Kier alpha value is -1.18. The normalized spacial score (nSPS) is 10.6. The van der Waals surface area contributed by atoms with Crippen LogP contribution in [-0.4, -0.2) is 12.8 Å². The quantitative estimate of drug-likeness (QED) is 0.531. The van der Waals surface area contributed by atoms with Crippen molar-refractivity contribution in [3.05, 3.63) is 30.0 Å². The van der Waals surface area contributed by atoms with Crippen molar-refractivity contribution in [3.8, 4) is 0 Å². The molecule has 1 heterocycles. The average molecular weight is 141 g/mol. The van der Waals surface area contributed by atoms with Gasteiger partial charge in [0.1, 0.15) is 7.85 Å². The molecule has 52 valence electrons. The number of fused-ring (bicyclic) bond motifs is 1. The van der Waals surface area contributed by atoms with Crippen molar-refractivity contribution >= 4 is 24.2 Å². The molecule has 0 amide bonds. The van der Waals surface area contributed by atoms with Crippen LogP contribution in [0.25, 0.3) is 10.9 Å². The van der Waals surface area contributed by atoms with Gasteiger partial charge in [0.05, 0.1) is 0 Å². The van der Waals surface area contributed by atoms with Crippen LogP contribution < -0.4 is 5.46 Å². The summed E-state index contributed by atoms with van der Waals surface area (Å²) in [6.07, 6.45) is 1.91. The van der Waals surface area contributed by atoms with Crippen molar-refractivity contribution in [1.82, 2.24) is 4.98 Å².